The SMILES string of the molecule is C#CCOc1c(Cl)cc(C=Nc2ccc(N3CCOCC3)cc2)cc1Cl. The number of morpholine rings is 1. The second-order valence-electron chi connectivity index (χ2n) is 5.68. The molecule has 0 spiro atoms. The van der Waals surface area contributed by atoms with Gasteiger partial charge in [0, 0.05) is 25.0 Å². The lowest BCUT2D eigenvalue weighted by atomic mass is 10.2. The van der Waals surface area contributed by atoms with Crippen LogP contribution in [0.4, 0.5) is 11.4 Å². The van der Waals surface area contributed by atoms with E-state index < -0.39 is 0 Å². The number of anilines is 1. The van der Waals surface area contributed by atoms with E-state index in [2.05, 4.69) is 27.9 Å². The standard InChI is InChI=1S/C20H18Cl2N2O2/c1-2-9-26-20-18(21)12-15(13-19(20)22)14-23-16-3-5-17(6-4-16)24-7-10-25-11-8-24/h1,3-6,12-14H,7-11H2. The fourth-order valence-corrected chi connectivity index (χ4v) is 3.24. The summed E-state index contributed by atoms with van der Waals surface area (Å²) in [6.07, 6.45) is 6.90. The van der Waals surface area contributed by atoms with Gasteiger partial charge in [-0.05, 0) is 42.0 Å². The van der Waals surface area contributed by atoms with Crippen molar-refractivity contribution < 1.29 is 9.47 Å². The normalized spacial score (nSPS) is 14.4. The molecule has 0 aliphatic carbocycles. The maximum atomic E-state index is 6.20. The maximum Gasteiger partial charge on any atom is 0.157 e. The highest BCUT2D eigenvalue weighted by Gasteiger charge is 2.11. The monoisotopic (exact) mass is 388 g/mol. The zero-order valence-electron chi connectivity index (χ0n) is 14.1. The maximum absolute atomic E-state index is 6.20. The minimum Gasteiger partial charge on any atom is -0.478 e. The molecule has 3 rings (SSSR count). The Kier molecular flexibility index (Phi) is 6.40. The third kappa shape index (κ3) is 4.70. The van der Waals surface area contributed by atoms with E-state index >= 15 is 0 Å². The number of nitrogens with zero attached hydrogens (tertiary/aromatic N) is 2. The molecule has 0 aromatic heterocycles. The van der Waals surface area contributed by atoms with Crippen molar-refractivity contribution >= 4 is 40.8 Å². The molecule has 2 aromatic rings. The van der Waals surface area contributed by atoms with Crippen molar-refractivity contribution in [3.8, 4) is 18.1 Å². The Hall–Kier alpha value is -2.19. The predicted octanol–water partition coefficient (Wildman–Crippen LogP) is 4.59. The molecule has 0 radical (unpaired) electrons. The largest absolute Gasteiger partial charge is 0.478 e. The first-order valence-corrected chi connectivity index (χ1v) is 8.95. The van der Waals surface area contributed by atoms with Crippen LogP contribution in [-0.4, -0.2) is 39.1 Å². The quantitative estimate of drug-likeness (QED) is 0.554. The topological polar surface area (TPSA) is 34.1 Å². The molecule has 4 nitrogen and oxygen atoms in total. The summed E-state index contributed by atoms with van der Waals surface area (Å²) < 4.78 is 10.7. The minimum atomic E-state index is 0.113. The zero-order valence-corrected chi connectivity index (χ0v) is 15.6. The molecule has 1 aliphatic heterocycles. The summed E-state index contributed by atoms with van der Waals surface area (Å²) in [5.74, 6) is 2.77. The van der Waals surface area contributed by atoms with E-state index in [1.807, 2.05) is 12.1 Å². The molecule has 0 saturated carbocycles. The molecule has 2 aromatic carbocycles. The van der Waals surface area contributed by atoms with Crippen LogP contribution in [-0.2, 0) is 4.74 Å². The lowest BCUT2D eigenvalue weighted by molar-refractivity contribution is 0.122. The summed E-state index contributed by atoms with van der Waals surface area (Å²) in [4.78, 5) is 6.78. The number of hydrogen-bond donors (Lipinski definition) is 0. The Labute approximate surface area is 163 Å². The fourth-order valence-electron chi connectivity index (χ4n) is 2.63. The molecular weight excluding hydrogens is 371 g/mol. The lowest BCUT2D eigenvalue weighted by Gasteiger charge is -2.28. The lowest BCUT2D eigenvalue weighted by Crippen LogP contribution is -2.36. The van der Waals surface area contributed by atoms with Gasteiger partial charge in [0.15, 0.2) is 5.75 Å². The Morgan fingerprint density at radius 3 is 2.42 bits per heavy atom. The van der Waals surface area contributed by atoms with Gasteiger partial charge in [0.25, 0.3) is 0 Å². The summed E-state index contributed by atoms with van der Waals surface area (Å²) in [5, 5.41) is 0.800. The number of ether oxygens (including phenoxy) is 2. The third-order valence-electron chi connectivity index (χ3n) is 3.91. The molecule has 0 unspecified atom stereocenters. The first-order chi connectivity index (χ1) is 12.7. The number of hydrogen-bond acceptors (Lipinski definition) is 4. The van der Waals surface area contributed by atoms with Crippen molar-refractivity contribution in [2.24, 2.45) is 4.99 Å². The number of benzene rings is 2. The third-order valence-corrected chi connectivity index (χ3v) is 4.47. The molecule has 6 heteroatoms. The number of rotatable bonds is 5. The van der Waals surface area contributed by atoms with Crippen molar-refractivity contribution in [2.75, 3.05) is 37.8 Å². The van der Waals surface area contributed by atoms with E-state index in [1.165, 1.54) is 5.69 Å². The summed E-state index contributed by atoms with van der Waals surface area (Å²) in [6, 6.07) is 11.6. The molecular formula is C20H18Cl2N2O2. The van der Waals surface area contributed by atoms with Gasteiger partial charge in [-0.3, -0.25) is 4.99 Å². The van der Waals surface area contributed by atoms with Crippen LogP contribution in [0, 0.1) is 12.3 Å². The number of halogens is 2. The van der Waals surface area contributed by atoms with Crippen molar-refractivity contribution in [1.29, 1.82) is 0 Å². The van der Waals surface area contributed by atoms with Gasteiger partial charge >= 0.3 is 0 Å². The predicted molar refractivity (Wildman–Crippen MR) is 108 cm³/mol. The molecule has 0 bridgehead atoms. The van der Waals surface area contributed by atoms with E-state index in [1.54, 1.807) is 18.3 Å². The fraction of sp³-hybridized carbons (Fsp3) is 0.250. The van der Waals surface area contributed by atoms with Crippen molar-refractivity contribution in [3.05, 3.63) is 52.0 Å². The average molecular weight is 389 g/mol. The molecule has 1 heterocycles. The van der Waals surface area contributed by atoms with Crippen LogP contribution in [0.25, 0.3) is 0 Å². The van der Waals surface area contributed by atoms with Crippen molar-refractivity contribution in [3.63, 3.8) is 0 Å². The van der Waals surface area contributed by atoms with E-state index in [-0.39, 0.29) is 6.61 Å². The van der Waals surface area contributed by atoms with Crippen LogP contribution in [0.15, 0.2) is 41.4 Å². The van der Waals surface area contributed by atoms with E-state index in [9.17, 15) is 0 Å². The Morgan fingerprint density at radius 2 is 1.81 bits per heavy atom. The Bertz CT molecular complexity index is 800. The van der Waals surface area contributed by atoms with Gasteiger partial charge in [0.05, 0.1) is 28.9 Å². The van der Waals surface area contributed by atoms with Crippen LogP contribution in [0.1, 0.15) is 5.56 Å². The second-order valence-corrected chi connectivity index (χ2v) is 6.49. The molecule has 1 fully saturated rings. The summed E-state index contributed by atoms with van der Waals surface area (Å²) in [6.45, 7) is 3.47. The molecule has 1 saturated heterocycles. The Morgan fingerprint density at radius 1 is 1.15 bits per heavy atom. The van der Waals surface area contributed by atoms with Gasteiger partial charge in [0.2, 0.25) is 0 Å². The van der Waals surface area contributed by atoms with Crippen LogP contribution in [0.3, 0.4) is 0 Å². The smallest absolute Gasteiger partial charge is 0.157 e. The van der Waals surface area contributed by atoms with Crippen LogP contribution < -0.4 is 9.64 Å². The highest BCUT2D eigenvalue weighted by Crippen LogP contribution is 2.34. The van der Waals surface area contributed by atoms with Gasteiger partial charge in [-0.25, -0.2) is 0 Å². The number of aliphatic imine (C=N–C) groups is 1. The second kappa shape index (κ2) is 8.95. The van der Waals surface area contributed by atoms with Crippen molar-refractivity contribution in [2.45, 2.75) is 0 Å². The van der Waals surface area contributed by atoms with Gasteiger partial charge < -0.3 is 14.4 Å². The first kappa shape index (κ1) is 18.6. The van der Waals surface area contributed by atoms with Crippen LogP contribution in [0.5, 0.6) is 5.75 Å². The molecule has 1 aliphatic rings. The zero-order chi connectivity index (χ0) is 18.4. The molecule has 26 heavy (non-hydrogen) atoms. The van der Waals surface area contributed by atoms with Gasteiger partial charge in [-0.1, -0.05) is 29.1 Å². The number of terminal acetylenes is 1. The van der Waals surface area contributed by atoms with Crippen LogP contribution in [0.2, 0.25) is 10.0 Å². The van der Waals surface area contributed by atoms with Crippen molar-refractivity contribution in [1.82, 2.24) is 0 Å². The molecule has 134 valence electrons. The van der Waals surface area contributed by atoms with E-state index in [0.717, 1.165) is 37.6 Å². The molecule has 0 atom stereocenters. The average Bonchev–Trinajstić information content (AvgIpc) is 2.67. The van der Waals surface area contributed by atoms with Gasteiger partial charge in [-0.2, -0.15) is 0 Å². The summed E-state index contributed by atoms with van der Waals surface area (Å²) in [5.41, 5.74) is 2.81. The summed E-state index contributed by atoms with van der Waals surface area (Å²) >= 11 is 12.4. The highest BCUT2D eigenvalue weighted by atomic mass is 35.5. The summed E-state index contributed by atoms with van der Waals surface area (Å²) in [7, 11) is 0. The van der Waals surface area contributed by atoms with Gasteiger partial charge in [-0.15, -0.1) is 6.42 Å². The Balaban J connectivity index is 1.70. The van der Waals surface area contributed by atoms with Gasteiger partial charge in [0.1, 0.15) is 6.61 Å². The minimum absolute atomic E-state index is 0.113. The highest BCUT2D eigenvalue weighted by molar-refractivity contribution is 6.37. The van der Waals surface area contributed by atoms with E-state index in [0.29, 0.717) is 15.8 Å². The first-order valence-electron chi connectivity index (χ1n) is 8.19. The molecule has 0 amide bonds. The van der Waals surface area contributed by atoms with E-state index in [4.69, 9.17) is 39.1 Å². The molecule has 0 N–H and O–H groups in total. The van der Waals surface area contributed by atoms with Crippen LogP contribution >= 0.6 is 23.2 Å².